The first-order valence-corrected chi connectivity index (χ1v) is 6.51. The van der Waals surface area contributed by atoms with Gasteiger partial charge in [-0.3, -0.25) is 14.8 Å². The molecule has 5 nitrogen and oxygen atoms in total. The Labute approximate surface area is 121 Å². The first-order valence-electron chi connectivity index (χ1n) is 6.51. The molecule has 0 radical (unpaired) electrons. The second kappa shape index (κ2) is 6.00. The number of aromatic nitrogens is 2. The lowest BCUT2D eigenvalue weighted by molar-refractivity contribution is 0.0946. The first kappa shape index (κ1) is 13.1. The van der Waals surface area contributed by atoms with Gasteiger partial charge in [-0.1, -0.05) is 6.07 Å². The molecule has 1 amide bonds. The minimum atomic E-state index is -0.202. The van der Waals surface area contributed by atoms with Gasteiger partial charge in [0.1, 0.15) is 11.4 Å². The van der Waals surface area contributed by atoms with E-state index in [1.807, 2.05) is 24.3 Å². The largest absolute Gasteiger partial charge is 0.463 e. The Balaban J connectivity index is 1.69. The number of hydrogen-bond donors (Lipinski definition) is 1. The summed E-state index contributed by atoms with van der Waals surface area (Å²) in [6.45, 7) is 0.408. The summed E-state index contributed by atoms with van der Waals surface area (Å²) in [4.78, 5) is 20.2. The van der Waals surface area contributed by atoms with E-state index in [0.29, 0.717) is 18.0 Å². The number of hydrogen-bond acceptors (Lipinski definition) is 4. The standard InChI is InChI=1S/C16H13N3O2/c20-16(13-4-1-2-7-17-13)19-11-12-6-8-18-14(10-12)15-5-3-9-21-15/h1-10H,11H2,(H,19,20). The van der Waals surface area contributed by atoms with Gasteiger partial charge in [0.05, 0.1) is 6.26 Å². The second-order valence-corrected chi connectivity index (χ2v) is 4.42. The number of nitrogens with one attached hydrogen (secondary N) is 1. The Morgan fingerprint density at radius 3 is 2.81 bits per heavy atom. The van der Waals surface area contributed by atoms with Crippen molar-refractivity contribution < 1.29 is 9.21 Å². The van der Waals surface area contributed by atoms with E-state index in [2.05, 4.69) is 15.3 Å². The molecular weight excluding hydrogens is 266 g/mol. The molecule has 21 heavy (non-hydrogen) atoms. The summed E-state index contributed by atoms with van der Waals surface area (Å²) < 4.78 is 5.31. The Kier molecular flexibility index (Phi) is 3.73. The first-order chi connectivity index (χ1) is 10.3. The predicted octanol–water partition coefficient (Wildman–Crippen LogP) is 2.67. The van der Waals surface area contributed by atoms with Gasteiger partial charge in [0.15, 0.2) is 5.76 Å². The fourth-order valence-corrected chi connectivity index (χ4v) is 1.91. The SMILES string of the molecule is O=C(NCc1ccnc(-c2ccco2)c1)c1ccccn1. The third-order valence-corrected chi connectivity index (χ3v) is 2.95. The van der Waals surface area contributed by atoms with Crippen LogP contribution in [0.2, 0.25) is 0 Å². The van der Waals surface area contributed by atoms with Crippen molar-refractivity contribution in [2.45, 2.75) is 6.54 Å². The lowest BCUT2D eigenvalue weighted by Crippen LogP contribution is -2.23. The highest BCUT2D eigenvalue weighted by atomic mass is 16.3. The monoisotopic (exact) mass is 279 g/mol. The van der Waals surface area contributed by atoms with E-state index in [4.69, 9.17) is 4.42 Å². The molecule has 3 rings (SSSR count). The van der Waals surface area contributed by atoms with E-state index in [0.717, 1.165) is 11.3 Å². The average molecular weight is 279 g/mol. The third kappa shape index (κ3) is 3.14. The fraction of sp³-hybridized carbons (Fsp3) is 0.0625. The van der Waals surface area contributed by atoms with Crippen LogP contribution in [0.3, 0.4) is 0 Å². The van der Waals surface area contributed by atoms with E-state index in [1.54, 1.807) is 36.9 Å². The van der Waals surface area contributed by atoms with Gasteiger partial charge in [-0.05, 0) is 42.0 Å². The molecule has 1 N–H and O–H groups in total. The molecule has 0 aromatic carbocycles. The molecule has 0 aliphatic rings. The molecule has 0 saturated carbocycles. The third-order valence-electron chi connectivity index (χ3n) is 2.95. The molecule has 0 atom stereocenters. The van der Waals surface area contributed by atoms with Crippen LogP contribution in [-0.2, 0) is 6.54 Å². The lowest BCUT2D eigenvalue weighted by Gasteiger charge is -2.05. The minimum absolute atomic E-state index is 0.202. The van der Waals surface area contributed by atoms with Gasteiger partial charge in [0.2, 0.25) is 0 Å². The molecular formula is C16H13N3O2. The minimum Gasteiger partial charge on any atom is -0.463 e. The average Bonchev–Trinajstić information content (AvgIpc) is 3.08. The van der Waals surface area contributed by atoms with Crippen molar-refractivity contribution in [3.05, 3.63) is 72.4 Å². The highest BCUT2D eigenvalue weighted by molar-refractivity contribution is 5.92. The zero-order chi connectivity index (χ0) is 14.5. The summed E-state index contributed by atoms with van der Waals surface area (Å²) in [5, 5.41) is 2.83. The van der Waals surface area contributed by atoms with E-state index >= 15 is 0 Å². The normalized spacial score (nSPS) is 10.3. The molecule has 0 bridgehead atoms. The van der Waals surface area contributed by atoms with Crippen molar-refractivity contribution in [2.75, 3.05) is 0 Å². The van der Waals surface area contributed by atoms with Gasteiger partial charge in [0, 0.05) is 18.9 Å². The summed E-state index contributed by atoms with van der Waals surface area (Å²) in [6, 6.07) is 12.6. The van der Waals surface area contributed by atoms with Crippen LogP contribution in [0.1, 0.15) is 16.1 Å². The maximum absolute atomic E-state index is 11.9. The number of nitrogens with zero attached hydrogens (tertiary/aromatic N) is 2. The summed E-state index contributed by atoms with van der Waals surface area (Å²) >= 11 is 0. The molecule has 0 spiro atoms. The molecule has 0 unspecified atom stereocenters. The second-order valence-electron chi connectivity index (χ2n) is 4.42. The van der Waals surface area contributed by atoms with Crippen LogP contribution in [0.25, 0.3) is 11.5 Å². The van der Waals surface area contributed by atoms with Crippen molar-refractivity contribution in [3.63, 3.8) is 0 Å². The smallest absolute Gasteiger partial charge is 0.270 e. The molecule has 0 aliphatic carbocycles. The summed E-state index contributed by atoms with van der Waals surface area (Å²) in [6.07, 6.45) is 4.89. The molecule has 3 aromatic heterocycles. The predicted molar refractivity (Wildman–Crippen MR) is 77.3 cm³/mol. The Morgan fingerprint density at radius 1 is 1.10 bits per heavy atom. The number of carbonyl (C=O) groups is 1. The zero-order valence-electron chi connectivity index (χ0n) is 11.2. The van der Waals surface area contributed by atoms with Crippen molar-refractivity contribution in [1.29, 1.82) is 0 Å². The zero-order valence-corrected chi connectivity index (χ0v) is 11.2. The molecule has 0 fully saturated rings. The van der Waals surface area contributed by atoms with Crippen LogP contribution < -0.4 is 5.32 Å². The van der Waals surface area contributed by atoms with E-state index in [-0.39, 0.29) is 5.91 Å². The quantitative estimate of drug-likeness (QED) is 0.797. The lowest BCUT2D eigenvalue weighted by atomic mass is 10.2. The van der Waals surface area contributed by atoms with Crippen molar-refractivity contribution in [3.8, 4) is 11.5 Å². The van der Waals surface area contributed by atoms with E-state index in [1.165, 1.54) is 0 Å². The van der Waals surface area contributed by atoms with Crippen molar-refractivity contribution in [1.82, 2.24) is 15.3 Å². The van der Waals surface area contributed by atoms with Crippen LogP contribution in [0.5, 0.6) is 0 Å². The number of carbonyl (C=O) groups excluding carboxylic acids is 1. The molecule has 0 aliphatic heterocycles. The van der Waals surface area contributed by atoms with Gasteiger partial charge < -0.3 is 9.73 Å². The van der Waals surface area contributed by atoms with Crippen LogP contribution in [0.4, 0.5) is 0 Å². The number of amides is 1. The summed E-state index contributed by atoms with van der Waals surface area (Å²) in [5.41, 5.74) is 2.09. The van der Waals surface area contributed by atoms with Crippen molar-refractivity contribution >= 4 is 5.91 Å². The van der Waals surface area contributed by atoms with Crippen LogP contribution in [0, 0.1) is 0 Å². The Bertz CT molecular complexity index is 724. The van der Waals surface area contributed by atoms with E-state index < -0.39 is 0 Å². The number of pyridine rings is 2. The maximum atomic E-state index is 11.9. The summed E-state index contributed by atoms with van der Waals surface area (Å²) in [5.74, 6) is 0.500. The van der Waals surface area contributed by atoms with Crippen LogP contribution in [0.15, 0.2) is 65.5 Å². The van der Waals surface area contributed by atoms with Gasteiger partial charge in [-0.25, -0.2) is 0 Å². The highest BCUT2D eigenvalue weighted by Crippen LogP contribution is 2.17. The number of furan rings is 1. The van der Waals surface area contributed by atoms with Gasteiger partial charge in [-0.2, -0.15) is 0 Å². The Morgan fingerprint density at radius 2 is 2.05 bits per heavy atom. The number of rotatable bonds is 4. The van der Waals surface area contributed by atoms with Crippen LogP contribution >= 0.6 is 0 Å². The van der Waals surface area contributed by atoms with Gasteiger partial charge in [-0.15, -0.1) is 0 Å². The van der Waals surface area contributed by atoms with Gasteiger partial charge >= 0.3 is 0 Å². The molecule has 104 valence electrons. The van der Waals surface area contributed by atoms with Crippen molar-refractivity contribution in [2.24, 2.45) is 0 Å². The Hall–Kier alpha value is -2.95. The molecule has 5 heteroatoms. The molecule has 3 heterocycles. The highest BCUT2D eigenvalue weighted by Gasteiger charge is 2.07. The topological polar surface area (TPSA) is 68.0 Å². The maximum Gasteiger partial charge on any atom is 0.270 e. The van der Waals surface area contributed by atoms with Gasteiger partial charge in [0.25, 0.3) is 5.91 Å². The summed E-state index contributed by atoms with van der Waals surface area (Å²) in [7, 11) is 0. The fourth-order valence-electron chi connectivity index (χ4n) is 1.91. The molecule has 0 saturated heterocycles. The van der Waals surface area contributed by atoms with Crippen LogP contribution in [-0.4, -0.2) is 15.9 Å². The van der Waals surface area contributed by atoms with E-state index in [9.17, 15) is 4.79 Å². The molecule has 3 aromatic rings.